The molecule has 1 aromatic heterocycles. The number of benzene rings is 1. The first-order valence-electron chi connectivity index (χ1n) is 6.56. The molecule has 3 heteroatoms. The van der Waals surface area contributed by atoms with E-state index in [1.165, 1.54) is 11.1 Å². The minimum atomic E-state index is 0.0938. The number of carbonyl (C=O) groups excluding carboxylic acids is 1. The zero-order chi connectivity index (χ0) is 13.4. The Morgan fingerprint density at radius 3 is 3.05 bits per heavy atom. The lowest BCUT2D eigenvalue weighted by Crippen LogP contribution is -2.22. The molecule has 0 saturated heterocycles. The van der Waals surface area contributed by atoms with Crippen LogP contribution in [-0.2, 0) is 13.0 Å². The molecule has 0 radical (unpaired) electrons. The number of Topliss-reactive ketones (excluding diaryl/α,β-unsaturated/α-hetero) is 1. The Balaban J connectivity index is 1.77. The second-order valence-electron chi connectivity index (χ2n) is 5.16. The fraction of sp³-hybridized carbons (Fsp3) is 0.312. The van der Waals surface area contributed by atoms with Crippen LogP contribution < -0.4 is 4.74 Å². The van der Waals surface area contributed by atoms with Gasteiger partial charge in [-0.3, -0.25) is 4.79 Å². The van der Waals surface area contributed by atoms with E-state index < -0.39 is 0 Å². The van der Waals surface area contributed by atoms with Gasteiger partial charge in [-0.2, -0.15) is 0 Å². The quantitative estimate of drug-likeness (QED) is 0.789. The molecule has 0 aliphatic carbocycles. The van der Waals surface area contributed by atoms with E-state index in [4.69, 9.17) is 4.74 Å². The van der Waals surface area contributed by atoms with Gasteiger partial charge < -0.3 is 9.30 Å². The molecule has 1 aliphatic heterocycles. The van der Waals surface area contributed by atoms with Crippen molar-refractivity contribution in [3.63, 3.8) is 0 Å². The third-order valence-electron chi connectivity index (χ3n) is 3.55. The molecule has 2 aromatic rings. The normalized spacial score (nSPS) is 17.1. The van der Waals surface area contributed by atoms with Crippen molar-refractivity contribution in [1.29, 1.82) is 0 Å². The summed E-state index contributed by atoms with van der Waals surface area (Å²) in [5.41, 5.74) is 3.27. The van der Waals surface area contributed by atoms with Crippen LogP contribution in [0.5, 0.6) is 5.75 Å². The van der Waals surface area contributed by atoms with Crippen molar-refractivity contribution in [2.24, 2.45) is 0 Å². The Hall–Kier alpha value is -2.03. The highest BCUT2D eigenvalue weighted by Gasteiger charge is 2.23. The molecule has 19 heavy (non-hydrogen) atoms. The number of aromatic nitrogens is 1. The molecule has 1 atom stereocenters. The van der Waals surface area contributed by atoms with Crippen LogP contribution in [0.25, 0.3) is 0 Å². The van der Waals surface area contributed by atoms with E-state index >= 15 is 0 Å². The monoisotopic (exact) mass is 255 g/mol. The predicted molar refractivity (Wildman–Crippen MR) is 73.7 cm³/mol. The number of ether oxygens (including phenoxy) is 1. The number of nitrogens with zero attached hydrogens (tertiary/aromatic N) is 1. The van der Waals surface area contributed by atoms with Gasteiger partial charge in [0.2, 0.25) is 0 Å². The van der Waals surface area contributed by atoms with E-state index in [2.05, 4.69) is 19.1 Å². The predicted octanol–water partition coefficient (Wildman–Crippen LogP) is 3.00. The minimum absolute atomic E-state index is 0.0938. The molecule has 1 unspecified atom stereocenters. The molecule has 3 nitrogen and oxygen atoms in total. The third-order valence-corrected chi connectivity index (χ3v) is 3.55. The van der Waals surface area contributed by atoms with E-state index in [0.717, 1.165) is 24.4 Å². The van der Waals surface area contributed by atoms with Crippen LogP contribution in [0.15, 0.2) is 36.5 Å². The highest BCUT2D eigenvalue weighted by Crippen LogP contribution is 2.30. The van der Waals surface area contributed by atoms with Crippen molar-refractivity contribution in [2.45, 2.75) is 32.9 Å². The largest absolute Gasteiger partial charge is 0.488 e. The molecular weight excluding hydrogens is 238 g/mol. The summed E-state index contributed by atoms with van der Waals surface area (Å²) in [7, 11) is 0. The van der Waals surface area contributed by atoms with Crippen molar-refractivity contribution in [3.05, 3.63) is 53.3 Å². The molecular formula is C16H17NO2. The summed E-state index contributed by atoms with van der Waals surface area (Å²) in [5, 5.41) is 0. The minimum Gasteiger partial charge on any atom is -0.488 e. The summed E-state index contributed by atoms with van der Waals surface area (Å²) >= 11 is 0. The van der Waals surface area contributed by atoms with Crippen molar-refractivity contribution in [2.75, 3.05) is 0 Å². The highest BCUT2D eigenvalue weighted by atomic mass is 16.5. The maximum atomic E-state index is 11.5. The Labute approximate surface area is 112 Å². The SMILES string of the molecule is CC(=O)c1cccn1CC1Cc2cc(C)ccc2O1. The molecule has 3 rings (SSSR count). The molecule has 0 saturated carbocycles. The Bertz CT molecular complexity index is 627. The van der Waals surface area contributed by atoms with Crippen LogP contribution >= 0.6 is 0 Å². The first-order valence-corrected chi connectivity index (χ1v) is 6.56. The number of carbonyl (C=O) groups is 1. The zero-order valence-corrected chi connectivity index (χ0v) is 11.2. The summed E-state index contributed by atoms with van der Waals surface area (Å²) in [6.45, 7) is 4.41. The number of ketones is 1. The highest BCUT2D eigenvalue weighted by molar-refractivity contribution is 5.92. The van der Waals surface area contributed by atoms with E-state index in [-0.39, 0.29) is 11.9 Å². The van der Waals surface area contributed by atoms with E-state index in [1.54, 1.807) is 6.92 Å². The van der Waals surface area contributed by atoms with Gasteiger partial charge in [-0.1, -0.05) is 17.7 Å². The van der Waals surface area contributed by atoms with Gasteiger partial charge in [-0.25, -0.2) is 0 Å². The first kappa shape index (κ1) is 12.0. The lowest BCUT2D eigenvalue weighted by molar-refractivity contribution is 0.100. The number of hydrogen-bond acceptors (Lipinski definition) is 2. The first-order chi connectivity index (χ1) is 9.13. The molecule has 98 valence electrons. The van der Waals surface area contributed by atoms with E-state index in [1.807, 2.05) is 29.0 Å². The van der Waals surface area contributed by atoms with Gasteiger partial charge in [0.25, 0.3) is 0 Å². The van der Waals surface area contributed by atoms with Gasteiger partial charge >= 0.3 is 0 Å². The number of aryl methyl sites for hydroxylation is 1. The fourth-order valence-corrected chi connectivity index (χ4v) is 2.66. The third kappa shape index (κ3) is 2.28. The molecule has 0 N–H and O–H groups in total. The van der Waals surface area contributed by atoms with E-state index in [0.29, 0.717) is 0 Å². The van der Waals surface area contributed by atoms with Crippen LogP contribution in [0, 0.1) is 6.92 Å². The second-order valence-corrected chi connectivity index (χ2v) is 5.16. The number of rotatable bonds is 3. The number of fused-ring (bicyclic) bond motifs is 1. The van der Waals surface area contributed by atoms with Crippen LogP contribution in [0.2, 0.25) is 0 Å². The van der Waals surface area contributed by atoms with Gasteiger partial charge in [-0.05, 0) is 30.7 Å². The maximum Gasteiger partial charge on any atom is 0.176 e. The van der Waals surface area contributed by atoms with Gasteiger partial charge in [0.1, 0.15) is 11.9 Å². The smallest absolute Gasteiger partial charge is 0.176 e. The molecule has 0 bridgehead atoms. The number of hydrogen-bond donors (Lipinski definition) is 0. The maximum absolute atomic E-state index is 11.5. The summed E-state index contributed by atoms with van der Waals surface area (Å²) in [6.07, 6.45) is 2.96. The van der Waals surface area contributed by atoms with E-state index in [9.17, 15) is 4.79 Å². The van der Waals surface area contributed by atoms with Gasteiger partial charge in [-0.15, -0.1) is 0 Å². The zero-order valence-electron chi connectivity index (χ0n) is 11.2. The van der Waals surface area contributed by atoms with Crippen molar-refractivity contribution < 1.29 is 9.53 Å². The molecule has 2 heterocycles. The summed E-state index contributed by atoms with van der Waals surface area (Å²) in [4.78, 5) is 11.5. The lowest BCUT2D eigenvalue weighted by atomic mass is 10.1. The average molecular weight is 255 g/mol. The van der Waals surface area contributed by atoms with Crippen LogP contribution in [0.3, 0.4) is 0 Å². The second kappa shape index (κ2) is 4.57. The summed E-state index contributed by atoms with van der Waals surface area (Å²) < 4.78 is 7.92. The van der Waals surface area contributed by atoms with Crippen molar-refractivity contribution in [1.82, 2.24) is 4.57 Å². The Kier molecular flexibility index (Phi) is 2.90. The topological polar surface area (TPSA) is 31.2 Å². The molecule has 0 amide bonds. The van der Waals surface area contributed by atoms with Crippen molar-refractivity contribution >= 4 is 5.78 Å². The van der Waals surface area contributed by atoms with Gasteiger partial charge in [0.05, 0.1) is 12.2 Å². The average Bonchev–Trinajstić information content (AvgIpc) is 2.95. The Morgan fingerprint density at radius 2 is 2.26 bits per heavy atom. The summed E-state index contributed by atoms with van der Waals surface area (Å²) in [5.74, 6) is 1.07. The van der Waals surface area contributed by atoms with Crippen LogP contribution in [-0.4, -0.2) is 16.5 Å². The molecule has 0 spiro atoms. The van der Waals surface area contributed by atoms with Crippen LogP contribution in [0.1, 0.15) is 28.5 Å². The molecule has 1 aliphatic rings. The van der Waals surface area contributed by atoms with Crippen molar-refractivity contribution in [3.8, 4) is 5.75 Å². The standard InChI is InChI=1S/C16H17NO2/c1-11-5-6-16-13(8-11)9-14(19-16)10-17-7-3-4-15(17)12(2)18/h3-8,14H,9-10H2,1-2H3. The molecule has 1 aromatic carbocycles. The molecule has 0 fully saturated rings. The lowest BCUT2D eigenvalue weighted by Gasteiger charge is -2.13. The van der Waals surface area contributed by atoms with Gasteiger partial charge in [0.15, 0.2) is 5.78 Å². The fourth-order valence-electron chi connectivity index (χ4n) is 2.66. The summed E-state index contributed by atoms with van der Waals surface area (Å²) in [6, 6.07) is 10.0. The van der Waals surface area contributed by atoms with Crippen LogP contribution in [0.4, 0.5) is 0 Å². The van der Waals surface area contributed by atoms with Gasteiger partial charge in [0, 0.05) is 19.5 Å². The Morgan fingerprint density at radius 1 is 1.42 bits per heavy atom.